The van der Waals surface area contributed by atoms with E-state index in [1.807, 2.05) is 0 Å². The topological polar surface area (TPSA) is 17.1 Å². The van der Waals surface area contributed by atoms with Crippen molar-refractivity contribution in [2.45, 2.75) is 58.8 Å². The molecule has 0 aliphatic heterocycles. The third kappa shape index (κ3) is 1.16. The van der Waals surface area contributed by atoms with Gasteiger partial charge in [-0.25, -0.2) is 0 Å². The van der Waals surface area contributed by atoms with E-state index in [9.17, 15) is 4.79 Å². The smallest absolute Gasteiger partial charge is 0.139 e. The maximum absolute atomic E-state index is 12.0. The monoisotopic (exact) mass is 180 g/mol. The molecule has 2 atom stereocenters. The molecule has 2 fully saturated rings. The van der Waals surface area contributed by atoms with E-state index in [2.05, 4.69) is 13.8 Å². The lowest BCUT2D eigenvalue weighted by atomic mass is 9.51. The Morgan fingerprint density at radius 3 is 2.31 bits per heavy atom. The van der Waals surface area contributed by atoms with E-state index in [0.29, 0.717) is 11.2 Å². The summed E-state index contributed by atoms with van der Waals surface area (Å²) in [5.74, 6) is 0.543. The van der Waals surface area contributed by atoms with Crippen LogP contribution in [0.1, 0.15) is 58.8 Å². The van der Waals surface area contributed by atoms with Crippen LogP contribution in [-0.4, -0.2) is 5.78 Å². The van der Waals surface area contributed by atoms with Crippen LogP contribution in [0, 0.1) is 10.8 Å². The molecular weight excluding hydrogens is 160 g/mol. The predicted octanol–water partition coefficient (Wildman–Crippen LogP) is 3.33. The normalized spacial score (nSPS) is 45.8. The summed E-state index contributed by atoms with van der Waals surface area (Å²) >= 11 is 0. The van der Waals surface area contributed by atoms with Crippen molar-refractivity contribution in [3.63, 3.8) is 0 Å². The summed E-state index contributed by atoms with van der Waals surface area (Å²) in [6, 6.07) is 0. The van der Waals surface area contributed by atoms with Gasteiger partial charge in [-0.05, 0) is 31.1 Å². The number of fused-ring (bicyclic) bond motifs is 1. The first kappa shape index (κ1) is 9.23. The van der Waals surface area contributed by atoms with Crippen LogP contribution < -0.4 is 0 Å². The Balaban J connectivity index is 2.32. The lowest BCUT2D eigenvalue weighted by Crippen LogP contribution is -2.48. The van der Waals surface area contributed by atoms with Gasteiger partial charge in [0.05, 0.1) is 0 Å². The Morgan fingerprint density at radius 2 is 1.62 bits per heavy atom. The van der Waals surface area contributed by atoms with Crippen molar-refractivity contribution >= 4 is 5.78 Å². The van der Waals surface area contributed by atoms with Crippen molar-refractivity contribution in [1.82, 2.24) is 0 Å². The zero-order valence-corrected chi connectivity index (χ0v) is 8.86. The van der Waals surface area contributed by atoms with Crippen molar-refractivity contribution in [2.24, 2.45) is 10.8 Å². The van der Waals surface area contributed by atoms with Crippen LogP contribution in [0.4, 0.5) is 0 Å². The van der Waals surface area contributed by atoms with E-state index >= 15 is 0 Å². The largest absolute Gasteiger partial charge is 0.299 e. The maximum Gasteiger partial charge on any atom is 0.139 e. The van der Waals surface area contributed by atoms with Gasteiger partial charge in [-0.1, -0.05) is 26.7 Å². The Labute approximate surface area is 80.9 Å². The molecule has 0 aromatic heterocycles. The highest BCUT2D eigenvalue weighted by atomic mass is 16.1. The second-order valence-corrected chi connectivity index (χ2v) is 5.38. The first-order chi connectivity index (χ1) is 6.08. The van der Waals surface area contributed by atoms with Crippen LogP contribution in [0.5, 0.6) is 0 Å². The lowest BCUT2D eigenvalue weighted by molar-refractivity contribution is -0.144. The summed E-state index contributed by atoms with van der Waals surface area (Å²) in [5, 5.41) is 0. The minimum absolute atomic E-state index is 0.0313. The van der Waals surface area contributed by atoms with E-state index in [1.165, 1.54) is 25.7 Å². The average Bonchev–Trinajstić information content (AvgIpc) is 2.09. The van der Waals surface area contributed by atoms with Crippen molar-refractivity contribution in [3.05, 3.63) is 0 Å². The van der Waals surface area contributed by atoms with Crippen LogP contribution in [0.25, 0.3) is 0 Å². The Hall–Kier alpha value is -0.330. The van der Waals surface area contributed by atoms with Gasteiger partial charge < -0.3 is 0 Å². The van der Waals surface area contributed by atoms with E-state index < -0.39 is 0 Å². The summed E-state index contributed by atoms with van der Waals surface area (Å²) in [4.78, 5) is 12.0. The fourth-order valence-electron chi connectivity index (χ4n) is 3.36. The van der Waals surface area contributed by atoms with Crippen molar-refractivity contribution < 1.29 is 4.79 Å². The van der Waals surface area contributed by atoms with Crippen LogP contribution >= 0.6 is 0 Å². The van der Waals surface area contributed by atoms with Crippen LogP contribution in [0.15, 0.2) is 0 Å². The van der Waals surface area contributed by atoms with Crippen molar-refractivity contribution in [3.8, 4) is 0 Å². The molecule has 0 amide bonds. The van der Waals surface area contributed by atoms with Gasteiger partial charge >= 0.3 is 0 Å². The summed E-state index contributed by atoms with van der Waals surface area (Å²) in [7, 11) is 0. The molecule has 0 radical (unpaired) electrons. The fourth-order valence-corrected chi connectivity index (χ4v) is 3.36. The first-order valence-electron chi connectivity index (χ1n) is 5.62. The van der Waals surface area contributed by atoms with Gasteiger partial charge in [-0.2, -0.15) is 0 Å². The van der Waals surface area contributed by atoms with Gasteiger partial charge in [-0.15, -0.1) is 0 Å². The molecule has 0 spiro atoms. The zero-order chi connectivity index (χ0) is 9.53. The molecule has 0 aromatic rings. The molecule has 13 heavy (non-hydrogen) atoms. The van der Waals surface area contributed by atoms with E-state index in [-0.39, 0.29) is 5.41 Å². The average molecular weight is 180 g/mol. The lowest BCUT2D eigenvalue weighted by Gasteiger charge is -2.52. The molecule has 0 aromatic carbocycles. The standard InChI is InChI=1S/C12H20O/c1-11-7-3-4-9-12(11,2)10(13)6-5-8-11/h3-9H2,1-2H3/t11-,12+/m1/s1. The molecule has 2 aliphatic carbocycles. The number of rotatable bonds is 0. The molecule has 1 heteroatoms. The maximum atomic E-state index is 12.0. The summed E-state index contributed by atoms with van der Waals surface area (Å²) in [5.41, 5.74) is 0.365. The molecule has 0 N–H and O–H groups in total. The Morgan fingerprint density at radius 1 is 1.00 bits per heavy atom. The quantitative estimate of drug-likeness (QED) is 0.559. The van der Waals surface area contributed by atoms with Crippen LogP contribution in [0.2, 0.25) is 0 Å². The van der Waals surface area contributed by atoms with Gasteiger partial charge in [0, 0.05) is 11.8 Å². The minimum atomic E-state index is 0.0313. The highest BCUT2D eigenvalue weighted by Crippen LogP contribution is 2.56. The van der Waals surface area contributed by atoms with Gasteiger partial charge in [0.2, 0.25) is 0 Å². The zero-order valence-electron chi connectivity index (χ0n) is 8.86. The number of carbonyl (C=O) groups is 1. The number of carbonyl (C=O) groups excluding carboxylic acids is 1. The second kappa shape index (κ2) is 2.83. The van der Waals surface area contributed by atoms with E-state index in [0.717, 1.165) is 19.3 Å². The molecule has 0 saturated heterocycles. The number of hydrogen-bond donors (Lipinski definition) is 0. The number of Topliss-reactive ketones (excluding diaryl/α,β-unsaturated/α-hetero) is 1. The molecule has 74 valence electrons. The number of hydrogen-bond acceptors (Lipinski definition) is 1. The molecule has 2 rings (SSSR count). The molecule has 0 heterocycles. The SMILES string of the molecule is C[C@]12CCCC[C@@]1(C)C(=O)CCC2. The van der Waals surface area contributed by atoms with Crippen LogP contribution in [-0.2, 0) is 4.79 Å². The minimum Gasteiger partial charge on any atom is -0.299 e. The molecule has 1 nitrogen and oxygen atoms in total. The molecule has 0 unspecified atom stereocenters. The third-order valence-corrected chi connectivity index (χ3v) is 4.74. The molecule has 0 bridgehead atoms. The molecule has 2 aliphatic rings. The Bertz CT molecular complexity index is 229. The first-order valence-corrected chi connectivity index (χ1v) is 5.62. The fraction of sp³-hybridized carbons (Fsp3) is 0.917. The molecular formula is C12H20O. The highest BCUT2D eigenvalue weighted by molar-refractivity contribution is 5.86. The summed E-state index contributed by atoms with van der Waals surface area (Å²) in [6.45, 7) is 4.55. The summed E-state index contributed by atoms with van der Waals surface area (Å²) < 4.78 is 0. The van der Waals surface area contributed by atoms with E-state index in [1.54, 1.807) is 0 Å². The van der Waals surface area contributed by atoms with E-state index in [4.69, 9.17) is 0 Å². The third-order valence-electron chi connectivity index (χ3n) is 4.74. The second-order valence-electron chi connectivity index (χ2n) is 5.38. The van der Waals surface area contributed by atoms with Gasteiger partial charge in [0.25, 0.3) is 0 Å². The van der Waals surface area contributed by atoms with Gasteiger partial charge in [0.1, 0.15) is 5.78 Å². The van der Waals surface area contributed by atoms with Crippen LogP contribution in [0.3, 0.4) is 0 Å². The van der Waals surface area contributed by atoms with Crippen molar-refractivity contribution in [1.29, 1.82) is 0 Å². The highest BCUT2D eigenvalue weighted by Gasteiger charge is 2.52. The van der Waals surface area contributed by atoms with Crippen molar-refractivity contribution in [2.75, 3.05) is 0 Å². The van der Waals surface area contributed by atoms with Gasteiger partial charge in [0.15, 0.2) is 0 Å². The number of ketones is 1. The predicted molar refractivity (Wildman–Crippen MR) is 53.5 cm³/mol. The van der Waals surface area contributed by atoms with Gasteiger partial charge in [-0.3, -0.25) is 4.79 Å². The molecule has 2 saturated carbocycles. The Kier molecular flexibility index (Phi) is 2.01. The summed E-state index contributed by atoms with van der Waals surface area (Å²) in [6.07, 6.45) is 8.25.